The van der Waals surface area contributed by atoms with Gasteiger partial charge >= 0.3 is 0 Å². The fraction of sp³-hybridized carbons (Fsp3) is 0.222. The van der Waals surface area contributed by atoms with Crippen LogP contribution in [0.3, 0.4) is 0 Å². The van der Waals surface area contributed by atoms with Crippen LogP contribution in [0.1, 0.15) is 17.0 Å². The van der Waals surface area contributed by atoms with Crippen LogP contribution in [0, 0.1) is 4.77 Å². The number of benzene rings is 1. The summed E-state index contributed by atoms with van der Waals surface area (Å²) in [5.74, 6) is 1.48. The Kier molecular flexibility index (Phi) is 4.75. The first kappa shape index (κ1) is 17.5. The molecule has 1 aliphatic rings. The summed E-state index contributed by atoms with van der Waals surface area (Å²) in [7, 11) is 0. The number of nitrogens with zero attached hydrogens (tertiary/aromatic N) is 1. The summed E-state index contributed by atoms with van der Waals surface area (Å²) in [6.07, 6.45) is 0.747. The molecule has 2 N–H and O–H groups in total. The second kappa shape index (κ2) is 7.04. The van der Waals surface area contributed by atoms with Crippen LogP contribution >= 0.6 is 35.4 Å². The van der Waals surface area contributed by atoms with Crippen molar-refractivity contribution in [3.8, 4) is 11.3 Å². The second-order valence-electron chi connectivity index (χ2n) is 6.22. The van der Waals surface area contributed by atoms with Crippen molar-refractivity contribution in [3.05, 3.63) is 72.5 Å². The highest BCUT2D eigenvalue weighted by Crippen LogP contribution is 2.32. The van der Waals surface area contributed by atoms with Gasteiger partial charge in [-0.2, -0.15) is 0 Å². The summed E-state index contributed by atoms with van der Waals surface area (Å²) in [6, 6.07) is 9.08. The van der Waals surface area contributed by atoms with Crippen molar-refractivity contribution in [1.29, 1.82) is 0 Å². The molecule has 2 aromatic heterocycles. The van der Waals surface area contributed by atoms with Gasteiger partial charge in [0.15, 0.2) is 4.77 Å². The maximum absolute atomic E-state index is 12.1. The van der Waals surface area contributed by atoms with Gasteiger partial charge in [0.25, 0.3) is 5.56 Å². The maximum atomic E-state index is 12.1. The van der Waals surface area contributed by atoms with Gasteiger partial charge in [0.05, 0.1) is 17.1 Å². The van der Waals surface area contributed by atoms with Crippen molar-refractivity contribution in [2.45, 2.75) is 19.5 Å². The number of halogens is 2. The quantitative estimate of drug-likeness (QED) is 0.624. The Morgan fingerprint density at radius 2 is 2.04 bits per heavy atom. The maximum Gasteiger partial charge on any atom is 0.256 e. The fourth-order valence-corrected chi connectivity index (χ4v) is 3.76. The van der Waals surface area contributed by atoms with E-state index in [-0.39, 0.29) is 5.56 Å². The summed E-state index contributed by atoms with van der Waals surface area (Å²) in [4.78, 5) is 20.0. The molecule has 4 rings (SSSR count). The lowest BCUT2D eigenvalue weighted by Gasteiger charge is -2.26. The molecule has 134 valence electrons. The number of rotatable bonds is 3. The second-order valence-corrected chi connectivity index (χ2v) is 7.47. The lowest BCUT2D eigenvalue weighted by molar-refractivity contribution is 0.223. The monoisotopic (exact) mass is 407 g/mol. The third-order valence-corrected chi connectivity index (χ3v) is 5.19. The molecule has 0 bridgehead atoms. The SMILES string of the molecule is O=c1[nH]c(=S)[nH]c2c1CN(Cc1ccc(-c3cc(Cl)ccc3Cl)o1)CC2. The lowest BCUT2D eigenvalue weighted by Crippen LogP contribution is -2.35. The molecule has 3 heterocycles. The molecule has 0 amide bonds. The molecular formula is C18H15Cl2N3O2S. The highest BCUT2D eigenvalue weighted by atomic mass is 35.5. The Morgan fingerprint density at radius 1 is 1.19 bits per heavy atom. The molecule has 5 nitrogen and oxygen atoms in total. The molecule has 1 aliphatic heterocycles. The standard InChI is InChI=1S/C18H15Cl2N3O2S/c19-10-1-3-14(20)12(7-10)16-4-2-11(25-16)8-23-6-5-15-13(9-23)17(24)22-18(26)21-15/h1-4,7H,5-6,8-9H2,(H2,21,22,24,26). The zero-order valence-corrected chi connectivity index (χ0v) is 16.0. The highest BCUT2D eigenvalue weighted by Gasteiger charge is 2.21. The first-order valence-corrected chi connectivity index (χ1v) is 9.27. The topological polar surface area (TPSA) is 65.0 Å². The van der Waals surface area contributed by atoms with Crippen LogP contribution in [-0.2, 0) is 19.5 Å². The summed E-state index contributed by atoms with van der Waals surface area (Å²) >= 11 is 17.3. The van der Waals surface area contributed by atoms with Crippen LogP contribution in [0.5, 0.6) is 0 Å². The predicted molar refractivity (Wildman–Crippen MR) is 104 cm³/mol. The van der Waals surface area contributed by atoms with E-state index in [1.165, 1.54) is 0 Å². The number of hydrogen-bond donors (Lipinski definition) is 2. The van der Waals surface area contributed by atoms with Gasteiger partial charge in [-0.15, -0.1) is 0 Å². The number of nitrogens with one attached hydrogen (secondary N) is 2. The third-order valence-electron chi connectivity index (χ3n) is 4.42. The van der Waals surface area contributed by atoms with Crippen LogP contribution in [0.4, 0.5) is 0 Å². The van der Waals surface area contributed by atoms with E-state index in [1.54, 1.807) is 18.2 Å². The van der Waals surface area contributed by atoms with E-state index in [9.17, 15) is 4.79 Å². The molecule has 0 saturated carbocycles. The van der Waals surface area contributed by atoms with Gasteiger partial charge < -0.3 is 9.40 Å². The van der Waals surface area contributed by atoms with Gasteiger partial charge in [-0.25, -0.2) is 0 Å². The first-order chi connectivity index (χ1) is 12.5. The van der Waals surface area contributed by atoms with Gasteiger partial charge in [-0.05, 0) is 42.5 Å². The average Bonchev–Trinajstić information content (AvgIpc) is 3.06. The summed E-state index contributed by atoms with van der Waals surface area (Å²) < 4.78 is 6.32. The van der Waals surface area contributed by atoms with E-state index in [0.29, 0.717) is 33.7 Å². The van der Waals surface area contributed by atoms with Crippen LogP contribution < -0.4 is 5.56 Å². The minimum Gasteiger partial charge on any atom is -0.460 e. The van der Waals surface area contributed by atoms with E-state index in [4.69, 9.17) is 39.8 Å². The molecule has 26 heavy (non-hydrogen) atoms. The van der Waals surface area contributed by atoms with Crippen molar-refractivity contribution in [2.75, 3.05) is 6.54 Å². The Bertz CT molecular complexity index is 1090. The van der Waals surface area contributed by atoms with Crippen molar-refractivity contribution in [1.82, 2.24) is 14.9 Å². The minimum absolute atomic E-state index is 0.126. The minimum atomic E-state index is -0.126. The lowest BCUT2D eigenvalue weighted by atomic mass is 10.1. The zero-order chi connectivity index (χ0) is 18.3. The van der Waals surface area contributed by atoms with Gasteiger partial charge in [0.1, 0.15) is 11.5 Å². The number of aromatic nitrogens is 2. The zero-order valence-electron chi connectivity index (χ0n) is 13.6. The Balaban J connectivity index is 1.54. The molecule has 0 fully saturated rings. The molecule has 3 aromatic rings. The third kappa shape index (κ3) is 3.50. The Hall–Kier alpha value is -1.86. The summed E-state index contributed by atoms with van der Waals surface area (Å²) in [6.45, 7) is 1.97. The van der Waals surface area contributed by atoms with Crippen molar-refractivity contribution >= 4 is 35.4 Å². The van der Waals surface area contributed by atoms with Crippen molar-refractivity contribution < 1.29 is 4.42 Å². The van der Waals surface area contributed by atoms with Crippen LogP contribution in [0.2, 0.25) is 10.0 Å². The van der Waals surface area contributed by atoms with Crippen LogP contribution in [0.15, 0.2) is 39.5 Å². The number of aromatic amines is 2. The summed E-state index contributed by atoms with van der Waals surface area (Å²) in [5.41, 5.74) is 2.29. The van der Waals surface area contributed by atoms with E-state index >= 15 is 0 Å². The number of fused-ring (bicyclic) bond motifs is 1. The van der Waals surface area contributed by atoms with Crippen LogP contribution in [0.25, 0.3) is 11.3 Å². The van der Waals surface area contributed by atoms with E-state index in [0.717, 1.165) is 35.5 Å². The van der Waals surface area contributed by atoms with Gasteiger partial charge in [-0.3, -0.25) is 14.7 Å². The molecule has 0 radical (unpaired) electrons. The van der Waals surface area contributed by atoms with Gasteiger partial charge in [0, 0.05) is 35.8 Å². The molecule has 0 atom stereocenters. The van der Waals surface area contributed by atoms with Gasteiger partial charge in [-0.1, -0.05) is 23.2 Å². The van der Waals surface area contributed by atoms with E-state index < -0.39 is 0 Å². The molecule has 0 aliphatic carbocycles. The van der Waals surface area contributed by atoms with E-state index in [2.05, 4.69) is 14.9 Å². The number of H-pyrrole nitrogens is 2. The number of furan rings is 1. The first-order valence-electron chi connectivity index (χ1n) is 8.10. The van der Waals surface area contributed by atoms with Crippen molar-refractivity contribution in [2.24, 2.45) is 0 Å². The van der Waals surface area contributed by atoms with Crippen molar-refractivity contribution in [3.63, 3.8) is 0 Å². The molecule has 0 spiro atoms. The summed E-state index contributed by atoms with van der Waals surface area (Å²) in [5, 5.41) is 1.19. The predicted octanol–water partition coefficient (Wildman–Crippen LogP) is 4.56. The normalized spacial score (nSPS) is 14.4. The highest BCUT2D eigenvalue weighted by molar-refractivity contribution is 7.71. The molecular weight excluding hydrogens is 393 g/mol. The fourth-order valence-electron chi connectivity index (χ4n) is 3.16. The largest absolute Gasteiger partial charge is 0.460 e. The smallest absolute Gasteiger partial charge is 0.256 e. The average molecular weight is 408 g/mol. The van der Waals surface area contributed by atoms with Crippen LogP contribution in [-0.4, -0.2) is 21.4 Å². The molecule has 0 saturated heterocycles. The van der Waals surface area contributed by atoms with E-state index in [1.807, 2.05) is 12.1 Å². The molecule has 8 heteroatoms. The Morgan fingerprint density at radius 3 is 2.88 bits per heavy atom. The Labute approximate surface area is 164 Å². The van der Waals surface area contributed by atoms with Gasteiger partial charge in [0.2, 0.25) is 0 Å². The number of hydrogen-bond acceptors (Lipinski definition) is 4. The molecule has 0 unspecified atom stereocenters. The molecule has 1 aromatic carbocycles.